The highest BCUT2D eigenvalue weighted by molar-refractivity contribution is 5.75. The highest BCUT2D eigenvalue weighted by Crippen LogP contribution is 2.36. The first-order valence-corrected chi connectivity index (χ1v) is 27.8. The average Bonchev–Trinajstić information content (AvgIpc) is 3.44. The number of hydrogen-bond acceptors (Lipinski definition) is 23. The van der Waals surface area contributed by atoms with Gasteiger partial charge < -0.3 is 116 Å². The second-order valence-corrected chi connectivity index (χ2v) is 22.0. The van der Waals surface area contributed by atoms with Crippen LogP contribution in [0.25, 0.3) is 0 Å². The Balaban J connectivity index is 1.37. The summed E-state index contributed by atoms with van der Waals surface area (Å²) in [5.41, 5.74) is 6.14. The number of amides is 2. The molecule has 0 saturated carbocycles. The van der Waals surface area contributed by atoms with Crippen molar-refractivity contribution in [1.82, 2.24) is 10.2 Å². The molecule has 0 aliphatic carbocycles. The van der Waals surface area contributed by atoms with Crippen LogP contribution in [0.3, 0.4) is 0 Å². The molecule has 5 heterocycles. The third-order valence-corrected chi connectivity index (χ3v) is 15.3. The zero-order valence-electron chi connectivity index (χ0n) is 46.3. The average molecular weight is 1160 g/mol. The summed E-state index contributed by atoms with van der Waals surface area (Å²) in [6, 6.07) is -3.24. The second kappa shape index (κ2) is 32.4. The molecular weight excluding hydrogens is 1070 g/mol. The Morgan fingerprint density at radius 3 is 1.85 bits per heavy atom. The Kier molecular flexibility index (Phi) is 27.2. The van der Waals surface area contributed by atoms with Gasteiger partial charge in [-0.05, 0) is 33.1 Å². The number of allylic oxidation sites excluding steroid dienone is 12. The van der Waals surface area contributed by atoms with Crippen LogP contribution in [0.2, 0.25) is 0 Å². The molecule has 5 aliphatic heterocycles. The molecule has 81 heavy (non-hydrogen) atoms. The van der Waals surface area contributed by atoms with Gasteiger partial charge in [0.2, 0.25) is 0 Å². The summed E-state index contributed by atoms with van der Waals surface area (Å²) in [4.78, 5) is 27.9. The van der Waals surface area contributed by atoms with Gasteiger partial charge in [0.1, 0.15) is 36.6 Å². The number of carbonyl (C=O) groups excluding carboxylic acids is 2. The summed E-state index contributed by atoms with van der Waals surface area (Å²) in [5, 5.41) is 154. The molecule has 4 saturated heterocycles. The van der Waals surface area contributed by atoms with E-state index < -0.39 is 191 Å². The number of hydrogen-bond donors (Lipinski definition) is 16. The highest BCUT2D eigenvalue weighted by atomic mass is 16.7. The maximum atomic E-state index is 13.9. The summed E-state index contributed by atoms with van der Waals surface area (Å²) in [7, 11) is 0. The van der Waals surface area contributed by atoms with E-state index in [1.165, 1.54) is 11.8 Å². The second-order valence-electron chi connectivity index (χ2n) is 22.0. The van der Waals surface area contributed by atoms with E-state index in [1.54, 1.807) is 92.8 Å². The van der Waals surface area contributed by atoms with E-state index in [1.807, 2.05) is 13.0 Å². The minimum atomic E-state index is -2.36. The summed E-state index contributed by atoms with van der Waals surface area (Å²) >= 11 is 0. The van der Waals surface area contributed by atoms with Crippen molar-refractivity contribution in [2.75, 3.05) is 19.7 Å². The van der Waals surface area contributed by atoms with Crippen LogP contribution in [0.15, 0.2) is 85.1 Å². The van der Waals surface area contributed by atoms with Crippen molar-refractivity contribution >= 4 is 12.0 Å². The monoisotopic (exact) mass is 1160 g/mol. The normalized spacial score (nSPS) is 45.7. The lowest BCUT2D eigenvalue weighted by molar-refractivity contribution is -0.317. The SMILES string of the molecule is C[C@@H]1[C@H](O)[C@@H](C)/C=C/C=C/C=C/C=C/C=C/C=C/C=C/[C@H](O[C@@H]2O[C@H](C)[C@@H](O)[C@H](N)[C@@H]2O)C[C@@H]2O[C@](O)(C[C@@H](O)C[C@@H](O)[C@H](O)CC[C@@H](O)C[C@@H](O)CC(=O)O[C@H]1C)C[C@H](O)[C@H]2NC(=O)N1CC(O[C@H]2OC(CO)[C@@H](O)C(O)[C@H]2O)C1. The maximum absolute atomic E-state index is 13.9. The first kappa shape index (κ1) is 67.9. The molecule has 0 aromatic rings. The van der Waals surface area contributed by atoms with Gasteiger partial charge in [-0.1, -0.05) is 98.9 Å². The molecule has 4 fully saturated rings. The topological polar surface area (TPSA) is 414 Å². The standard InChI is InChI=1S/C56H89N3O22/c1-30-17-15-13-11-9-7-5-6-8-10-12-14-16-18-37(78-53-50(71)45(57)48(69)33(4)77-53)24-42-46(58-55(74)59-27-38(28-59)79-54-52(73)51(72)49(70)43(29-60)80-54)41(66)26-56(75,81-42)25-36(63)22-40(65)39(64)20-19-34(61)21-35(62)23-44(67)76-32(3)31(2)47(30)68/h5-18,30-43,45-54,60-66,68-73,75H,19-29,57H2,1-4H3,(H,58,74)/b6-5+,9-7+,10-8+,13-11+,14-12+,17-15+,18-16+/t30-,31-,32-,33+,34+,35+,36-,37-,39+,40+,41-,42-,43?,45-,46+,47+,48+,49+,50-,51?,52+,53-,54-,56+/m0/s1. The Hall–Kier alpha value is -3.88. The fraction of sp³-hybridized carbons (Fsp3) is 0.714. The third kappa shape index (κ3) is 20.4. The number of carbonyl (C=O) groups is 2. The fourth-order valence-corrected chi connectivity index (χ4v) is 10.1. The van der Waals surface area contributed by atoms with Crippen LogP contribution < -0.4 is 11.1 Å². The van der Waals surface area contributed by atoms with Gasteiger partial charge in [-0.3, -0.25) is 4.79 Å². The van der Waals surface area contributed by atoms with Gasteiger partial charge in [-0.2, -0.15) is 0 Å². The predicted octanol–water partition coefficient (Wildman–Crippen LogP) is -2.41. The largest absolute Gasteiger partial charge is 0.462 e. The molecule has 2 unspecified atom stereocenters. The van der Waals surface area contributed by atoms with Crippen LogP contribution in [0.5, 0.6) is 0 Å². The zero-order valence-corrected chi connectivity index (χ0v) is 46.3. The summed E-state index contributed by atoms with van der Waals surface area (Å²) in [5.74, 6) is -3.88. The van der Waals surface area contributed by atoms with Crippen molar-refractivity contribution in [3.63, 3.8) is 0 Å². The number of cyclic esters (lactones) is 1. The minimum absolute atomic E-state index is 0.0831. The number of aliphatic hydroxyl groups excluding tert-OH is 13. The maximum Gasteiger partial charge on any atom is 0.317 e. The Labute approximate surface area is 472 Å². The number of nitrogens with one attached hydrogen (secondary N) is 1. The van der Waals surface area contributed by atoms with Crippen LogP contribution in [0.4, 0.5) is 4.79 Å². The molecule has 25 nitrogen and oxygen atoms in total. The number of nitrogens with zero attached hydrogens (tertiary/aromatic N) is 1. The lowest BCUT2D eigenvalue weighted by Gasteiger charge is -2.48. The van der Waals surface area contributed by atoms with Crippen LogP contribution >= 0.6 is 0 Å². The van der Waals surface area contributed by atoms with Gasteiger partial charge in [0.05, 0.1) is 111 Å². The third-order valence-electron chi connectivity index (χ3n) is 15.3. The van der Waals surface area contributed by atoms with Crippen molar-refractivity contribution in [1.29, 1.82) is 0 Å². The van der Waals surface area contributed by atoms with Gasteiger partial charge in [0.15, 0.2) is 18.4 Å². The van der Waals surface area contributed by atoms with Crippen LogP contribution in [-0.4, -0.2) is 248 Å². The Morgan fingerprint density at radius 2 is 1.23 bits per heavy atom. The van der Waals surface area contributed by atoms with Crippen LogP contribution in [0.1, 0.15) is 79.1 Å². The first-order valence-electron chi connectivity index (χ1n) is 27.8. The van der Waals surface area contributed by atoms with Crippen molar-refractivity contribution in [3.05, 3.63) is 85.1 Å². The number of urea groups is 1. The minimum Gasteiger partial charge on any atom is -0.462 e. The van der Waals surface area contributed by atoms with Crippen molar-refractivity contribution in [2.24, 2.45) is 17.6 Å². The Bertz CT molecular complexity index is 2140. The smallest absolute Gasteiger partial charge is 0.317 e. The van der Waals surface area contributed by atoms with Gasteiger partial charge in [-0.15, -0.1) is 0 Å². The van der Waals surface area contributed by atoms with Crippen LogP contribution in [-0.2, 0) is 33.2 Å². The van der Waals surface area contributed by atoms with Gasteiger partial charge in [-0.25, -0.2) is 4.79 Å². The molecule has 5 rings (SSSR count). The zero-order chi connectivity index (χ0) is 59.7. The number of likely N-dealkylation sites (tertiary alicyclic amines) is 1. The predicted molar refractivity (Wildman–Crippen MR) is 288 cm³/mol. The van der Waals surface area contributed by atoms with E-state index in [4.69, 9.17) is 34.2 Å². The number of rotatable bonds is 6. The quantitative estimate of drug-likeness (QED) is 0.123. The molecule has 0 spiro atoms. The molecule has 0 aromatic heterocycles. The fourth-order valence-electron chi connectivity index (χ4n) is 10.1. The molecule has 5 aliphatic rings. The number of ether oxygens (including phenoxy) is 6. The number of aliphatic hydroxyl groups is 14. The van der Waals surface area contributed by atoms with Crippen molar-refractivity contribution in [2.45, 2.75) is 219 Å². The molecule has 24 atom stereocenters. The van der Waals surface area contributed by atoms with E-state index in [2.05, 4.69) is 5.32 Å². The first-order chi connectivity index (χ1) is 38.3. The Morgan fingerprint density at radius 1 is 0.642 bits per heavy atom. The van der Waals surface area contributed by atoms with E-state index in [0.717, 1.165) is 0 Å². The van der Waals surface area contributed by atoms with E-state index in [-0.39, 0.29) is 44.7 Å². The van der Waals surface area contributed by atoms with E-state index in [0.29, 0.717) is 0 Å². The number of fused-ring (bicyclic) bond motifs is 2. The van der Waals surface area contributed by atoms with Gasteiger partial charge >= 0.3 is 12.0 Å². The van der Waals surface area contributed by atoms with Crippen molar-refractivity contribution < 1.29 is 110 Å². The summed E-state index contributed by atoms with van der Waals surface area (Å²) in [6.07, 6.45) is -5.25. The molecule has 25 heteroatoms. The lowest BCUT2D eigenvalue weighted by Crippen LogP contribution is -2.67. The van der Waals surface area contributed by atoms with E-state index in [9.17, 15) is 81.1 Å². The summed E-state index contributed by atoms with van der Waals surface area (Å²) < 4.78 is 35.1. The van der Waals surface area contributed by atoms with Crippen molar-refractivity contribution in [3.8, 4) is 0 Å². The molecule has 0 aromatic carbocycles. The molecule has 2 bridgehead atoms. The summed E-state index contributed by atoms with van der Waals surface area (Å²) in [6.45, 7) is 5.88. The molecule has 0 radical (unpaired) electrons. The van der Waals surface area contributed by atoms with Gasteiger partial charge in [0.25, 0.3) is 0 Å². The van der Waals surface area contributed by atoms with Crippen LogP contribution in [0, 0.1) is 11.8 Å². The molecule has 2 amide bonds. The van der Waals surface area contributed by atoms with E-state index >= 15 is 0 Å². The molecular formula is C56H89N3O22. The lowest BCUT2D eigenvalue weighted by atomic mass is 9.87. The highest BCUT2D eigenvalue weighted by Gasteiger charge is 2.51. The number of nitrogens with two attached hydrogens (primary N) is 1. The molecule has 17 N–H and O–H groups in total. The number of esters is 1. The molecule has 460 valence electrons. The van der Waals surface area contributed by atoms with Gasteiger partial charge in [0, 0.05) is 37.5 Å².